The van der Waals surface area contributed by atoms with E-state index in [0.717, 1.165) is 37.6 Å². The van der Waals surface area contributed by atoms with Crippen molar-refractivity contribution in [1.82, 2.24) is 10.2 Å². The molecule has 0 radical (unpaired) electrons. The summed E-state index contributed by atoms with van der Waals surface area (Å²) < 4.78 is 43.6. The first-order valence-corrected chi connectivity index (χ1v) is 16.9. The van der Waals surface area contributed by atoms with E-state index in [9.17, 15) is 22.4 Å². The van der Waals surface area contributed by atoms with Crippen LogP contribution >= 0.6 is 15.9 Å². The molecular weight excluding hydrogens is 657 g/mol. The predicted molar refractivity (Wildman–Crippen MR) is 179 cm³/mol. The fraction of sp³-hybridized carbons (Fsp3) is 0.257. The van der Waals surface area contributed by atoms with Gasteiger partial charge in [-0.05, 0) is 79.9 Å². The van der Waals surface area contributed by atoms with Gasteiger partial charge in [-0.2, -0.15) is 0 Å². The number of hydrogen-bond acceptors (Lipinski definition) is 4. The molecule has 0 spiro atoms. The maximum Gasteiger partial charge on any atom is 0.264 e. The third kappa shape index (κ3) is 9.02. The Morgan fingerprint density at radius 3 is 2.09 bits per heavy atom. The van der Waals surface area contributed by atoms with E-state index in [4.69, 9.17) is 0 Å². The molecule has 0 unspecified atom stereocenters. The summed E-state index contributed by atoms with van der Waals surface area (Å²) in [7, 11) is -4.31. The third-order valence-corrected chi connectivity index (χ3v) is 9.86. The van der Waals surface area contributed by atoms with Gasteiger partial charge in [0.15, 0.2) is 0 Å². The van der Waals surface area contributed by atoms with E-state index >= 15 is 0 Å². The van der Waals surface area contributed by atoms with Crippen molar-refractivity contribution in [3.05, 3.63) is 130 Å². The first-order chi connectivity index (χ1) is 21.5. The molecule has 0 aliphatic rings. The largest absolute Gasteiger partial charge is 0.352 e. The summed E-state index contributed by atoms with van der Waals surface area (Å²) in [6.45, 7) is 5.21. The maximum absolute atomic E-state index is 14.5. The molecule has 45 heavy (non-hydrogen) atoms. The van der Waals surface area contributed by atoms with Crippen LogP contribution in [0.5, 0.6) is 0 Å². The highest BCUT2D eigenvalue weighted by molar-refractivity contribution is 9.10. The molecule has 0 heterocycles. The number of carbonyl (C=O) groups excluding carboxylic acids is 2. The quantitative estimate of drug-likeness (QED) is 0.170. The van der Waals surface area contributed by atoms with Gasteiger partial charge >= 0.3 is 0 Å². The average Bonchev–Trinajstić information content (AvgIpc) is 3.03. The van der Waals surface area contributed by atoms with Gasteiger partial charge in [0, 0.05) is 23.5 Å². The number of rotatable bonds is 13. The zero-order chi connectivity index (χ0) is 32.6. The van der Waals surface area contributed by atoms with Crippen LogP contribution in [0.25, 0.3) is 0 Å². The summed E-state index contributed by atoms with van der Waals surface area (Å²) >= 11 is 3.44. The number of carbonyl (C=O) groups is 2. The Balaban J connectivity index is 1.80. The molecule has 4 rings (SSSR count). The first-order valence-electron chi connectivity index (χ1n) is 14.7. The van der Waals surface area contributed by atoms with E-state index in [2.05, 4.69) is 21.2 Å². The van der Waals surface area contributed by atoms with Crippen molar-refractivity contribution in [2.24, 2.45) is 0 Å². The summed E-state index contributed by atoms with van der Waals surface area (Å²) in [4.78, 5) is 29.6. The van der Waals surface area contributed by atoms with Gasteiger partial charge in [0.2, 0.25) is 11.8 Å². The van der Waals surface area contributed by atoms with E-state index in [1.165, 1.54) is 17.0 Å². The summed E-state index contributed by atoms with van der Waals surface area (Å²) in [6.07, 6.45) is 0.919. The lowest BCUT2D eigenvalue weighted by molar-refractivity contribution is -0.140. The molecule has 0 aromatic heterocycles. The van der Waals surface area contributed by atoms with Gasteiger partial charge in [0.05, 0.1) is 10.6 Å². The third-order valence-electron chi connectivity index (χ3n) is 7.54. The second kappa shape index (κ2) is 15.3. The number of amides is 2. The molecule has 236 valence electrons. The molecule has 0 saturated carbocycles. The van der Waals surface area contributed by atoms with Crippen molar-refractivity contribution in [3.8, 4) is 0 Å². The SMILES string of the molecule is CC[C@H](C)NC(=O)[C@@H](Cc1ccccc1)N(Cc1ccc(Br)cc1)C(=O)CN(c1ccc(C)cc1)S(=O)(=O)c1ccc(F)cc1. The molecule has 4 aromatic carbocycles. The van der Waals surface area contributed by atoms with Crippen molar-refractivity contribution >= 4 is 43.5 Å². The zero-order valence-electron chi connectivity index (χ0n) is 25.5. The molecular formula is C35H37BrFN3O4S. The van der Waals surface area contributed by atoms with E-state index in [1.807, 2.05) is 75.4 Å². The van der Waals surface area contributed by atoms with Gasteiger partial charge in [-0.3, -0.25) is 13.9 Å². The minimum atomic E-state index is -4.31. The second-order valence-electron chi connectivity index (χ2n) is 11.0. The smallest absolute Gasteiger partial charge is 0.264 e. The Morgan fingerprint density at radius 2 is 1.49 bits per heavy atom. The molecule has 0 fully saturated rings. The number of halogens is 2. The van der Waals surface area contributed by atoms with Crippen molar-refractivity contribution in [2.75, 3.05) is 10.8 Å². The van der Waals surface area contributed by atoms with Crippen LogP contribution in [0.1, 0.15) is 37.0 Å². The lowest BCUT2D eigenvalue weighted by atomic mass is 10.0. The molecule has 0 bridgehead atoms. The lowest BCUT2D eigenvalue weighted by Gasteiger charge is -2.34. The zero-order valence-corrected chi connectivity index (χ0v) is 27.9. The molecule has 1 N–H and O–H groups in total. The van der Waals surface area contributed by atoms with E-state index < -0.39 is 34.3 Å². The van der Waals surface area contributed by atoms with Crippen LogP contribution in [0, 0.1) is 12.7 Å². The standard InChI is InChI=1S/C35H37BrFN3O4S/c1-4-26(3)38-35(42)33(22-27-8-6-5-7-9-27)39(23-28-12-14-29(36)15-13-28)34(41)24-40(31-18-10-25(2)11-19-31)45(43,44)32-20-16-30(37)17-21-32/h5-21,26,33H,4,22-24H2,1-3H3,(H,38,42)/t26-,33+/m0/s1. The van der Waals surface area contributed by atoms with Crippen LogP contribution in [-0.4, -0.2) is 43.8 Å². The summed E-state index contributed by atoms with van der Waals surface area (Å²) in [6, 6.07) is 27.0. The van der Waals surface area contributed by atoms with Crippen LogP contribution in [0.4, 0.5) is 10.1 Å². The van der Waals surface area contributed by atoms with Crippen LogP contribution in [0.2, 0.25) is 0 Å². The molecule has 10 heteroatoms. The summed E-state index contributed by atoms with van der Waals surface area (Å²) in [5.74, 6) is -1.48. The van der Waals surface area contributed by atoms with Gasteiger partial charge in [-0.1, -0.05) is 83.0 Å². The van der Waals surface area contributed by atoms with Crippen LogP contribution < -0.4 is 9.62 Å². The number of hydrogen-bond donors (Lipinski definition) is 1. The Labute approximate surface area is 273 Å². The highest BCUT2D eigenvalue weighted by Gasteiger charge is 2.35. The van der Waals surface area contributed by atoms with Crippen molar-refractivity contribution in [2.45, 2.75) is 57.1 Å². The minimum Gasteiger partial charge on any atom is -0.352 e. The molecule has 0 aliphatic heterocycles. The van der Waals surface area contributed by atoms with E-state index in [1.54, 1.807) is 24.3 Å². The number of nitrogens with zero attached hydrogens (tertiary/aromatic N) is 2. The predicted octanol–water partition coefficient (Wildman–Crippen LogP) is 6.65. The topological polar surface area (TPSA) is 86.8 Å². The molecule has 2 atom stereocenters. The molecule has 0 aliphatic carbocycles. The highest BCUT2D eigenvalue weighted by atomic mass is 79.9. The Morgan fingerprint density at radius 1 is 0.867 bits per heavy atom. The number of benzene rings is 4. The van der Waals surface area contributed by atoms with Crippen LogP contribution in [-0.2, 0) is 32.6 Å². The van der Waals surface area contributed by atoms with Crippen LogP contribution in [0.3, 0.4) is 0 Å². The normalized spacial score (nSPS) is 12.6. The van der Waals surface area contributed by atoms with Crippen LogP contribution in [0.15, 0.2) is 112 Å². The molecule has 7 nitrogen and oxygen atoms in total. The van der Waals surface area contributed by atoms with E-state index in [0.29, 0.717) is 6.42 Å². The Hall–Kier alpha value is -4.02. The Bertz CT molecular complexity index is 1680. The fourth-order valence-electron chi connectivity index (χ4n) is 4.76. The van der Waals surface area contributed by atoms with E-state index in [-0.39, 0.29) is 35.5 Å². The van der Waals surface area contributed by atoms with Gasteiger partial charge in [0.25, 0.3) is 10.0 Å². The monoisotopic (exact) mass is 693 g/mol. The first kappa shape index (κ1) is 33.9. The molecule has 0 saturated heterocycles. The van der Waals surface area contributed by atoms with Gasteiger partial charge in [0.1, 0.15) is 18.4 Å². The second-order valence-corrected chi connectivity index (χ2v) is 13.8. The number of aryl methyl sites for hydroxylation is 1. The molecule has 4 aromatic rings. The van der Waals surface area contributed by atoms with Crippen molar-refractivity contribution in [3.63, 3.8) is 0 Å². The lowest BCUT2D eigenvalue weighted by Crippen LogP contribution is -2.54. The van der Waals surface area contributed by atoms with Crippen molar-refractivity contribution < 1.29 is 22.4 Å². The average molecular weight is 695 g/mol. The van der Waals surface area contributed by atoms with Gasteiger partial charge in [-0.25, -0.2) is 12.8 Å². The number of anilines is 1. The number of sulfonamides is 1. The maximum atomic E-state index is 14.5. The fourth-order valence-corrected chi connectivity index (χ4v) is 6.43. The number of nitrogens with one attached hydrogen (secondary N) is 1. The Kier molecular flexibility index (Phi) is 11.5. The summed E-state index contributed by atoms with van der Waals surface area (Å²) in [5.41, 5.74) is 2.80. The molecule has 2 amide bonds. The highest BCUT2D eigenvalue weighted by Crippen LogP contribution is 2.26. The van der Waals surface area contributed by atoms with Gasteiger partial charge < -0.3 is 10.2 Å². The van der Waals surface area contributed by atoms with Gasteiger partial charge in [-0.15, -0.1) is 0 Å². The van der Waals surface area contributed by atoms with Crippen molar-refractivity contribution in [1.29, 1.82) is 0 Å². The summed E-state index contributed by atoms with van der Waals surface area (Å²) in [5, 5.41) is 3.03. The minimum absolute atomic E-state index is 0.0654.